The largest absolute Gasteiger partial charge is 0.465 e. The molecule has 2 aromatic carbocycles. The molecule has 3 aromatic rings. The van der Waals surface area contributed by atoms with Gasteiger partial charge in [-0.05, 0) is 71.9 Å². The summed E-state index contributed by atoms with van der Waals surface area (Å²) in [6.07, 6.45) is 3.37. The third-order valence-corrected chi connectivity index (χ3v) is 6.84. The van der Waals surface area contributed by atoms with Crippen molar-refractivity contribution in [3.05, 3.63) is 53.6 Å². The van der Waals surface area contributed by atoms with Crippen LogP contribution in [-0.4, -0.2) is 22.6 Å². The molecule has 1 aliphatic rings. The van der Waals surface area contributed by atoms with Gasteiger partial charge in [0.15, 0.2) is 0 Å². The first-order valence-electron chi connectivity index (χ1n) is 12.0. The molecule has 0 unspecified atom stereocenters. The van der Waals surface area contributed by atoms with Gasteiger partial charge in [0.25, 0.3) is 0 Å². The first-order valence-corrected chi connectivity index (χ1v) is 12.0. The molecular weight excluding hydrogens is 410 g/mol. The molecule has 0 radical (unpaired) electrons. The minimum absolute atomic E-state index is 0.241. The number of esters is 1. The first kappa shape index (κ1) is 23.3. The van der Waals surface area contributed by atoms with Crippen molar-refractivity contribution in [1.29, 1.82) is 0 Å². The van der Waals surface area contributed by atoms with Crippen molar-refractivity contribution in [2.45, 2.75) is 72.8 Å². The Morgan fingerprint density at radius 3 is 2.27 bits per heavy atom. The highest BCUT2D eigenvalue weighted by molar-refractivity contribution is 5.94. The highest BCUT2D eigenvalue weighted by Gasteiger charge is 2.40. The Kier molecular flexibility index (Phi) is 6.02. The molecule has 0 aliphatic heterocycles. The molecule has 0 spiro atoms. The Labute approximate surface area is 197 Å². The van der Waals surface area contributed by atoms with Gasteiger partial charge in [-0.15, -0.1) is 0 Å². The molecule has 1 fully saturated rings. The van der Waals surface area contributed by atoms with E-state index in [1.165, 1.54) is 19.1 Å². The van der Waals surface area contributed by atoms with Crippen LogP contribution in [0.25, 0.3) is 11.0 Å². The van der Waals surface area contributed by atoms with Crippen LogP contribution in [0.4, 0.5) is 11.6 Å². The molecule has 5 heteroatoms. The van der Waals surface area contributed by atoms with Crippen LogP contribution >= 0.6 is 0 Å². The number of methoxy groups -OCH3 is 1. The monoisotopic (exact) mass is 447 g/mol. The zero-order valence-corrected chi connectivity index (χ0v) is 21.0. The van der Waals surface area contributed by atoms with Crippen molar-refractivity contribution in [3.8, 4) is 0 Å². The fourth-order valence-electron chi connectivity index (χ4n) is 5.85. The summed E-state index contributed by atoms with van der Waals surface area (Å²) in [6, 6.07) is 14.6. The van der Waals surface area contributed by atoms with Crippen molar-refractivity contribution in [1.82, 2.24) is 9.55 Å². The zero-order valence-electron chi connectivity index (χ0n) is 21.0. The lowest BCUT2D eigenvalue weighted by atomic mass is 9.63. The molecular formula is C28H37N3O2. The Balaban J connectivity index is 1.80. The van der Waals surface area contributed by atoms with Gasteiger partial charge < -0.3 is 14.6 Å². The number of nitrogens with one attached hydrogen (secondary N) is 1. The molecule has 1 heterocycles. The van der Waals surface area contributed by atoms with E-state index in [9.17, 15) is 4.79 Å². The predicted molar refractivity (Wildman–Crippen MR) is 135 cm³/mol. The molecule has 33 heavy (non-hydrogen) atoms. The number of ether oxygens (including phenoxy) is 1. The summed E-state index contributed by atoms with van der Waals surface area (Å²) in [5, 5.41) is 3.58. The number of carbonyl (C=O) groups is 1. The Hall–Kier alpha value is -2.82. The van der Waals surface area contributed by atoms with Crippen LogP contribution in [0.2, 0.25) is 0 Å². The molecule has 176 valence electrons. The van der Waals surface area contributed by atoms with Gasteiger partial charge in [-0.2, -0.15) is 0 Å². The average molecular weight is 448 g/mol. The van der Waals surface area contributed by atoms with E-state index < -0.39 is 0 Å². The van der Waals surface area contributed by atoms with Crippen LogP contribution in [0.15, 0.2) is 42.5 Å². The molecule has 1 N–H and O–H groups in total. The van der Waals surface area contributed by atoms with Crippen LogP contribution in [-0.2, 0) is 4.74 Å². The minimum Gasteiger partial charge on any atom is -0.465 e. The molecule has 0 saturated heterocycles. The Morgan fingerprint density at radius 1 is 1.06 bits per heavy atom. The van der Waals surface area contributed by atoms with Gasteiger partial charge in [0.2, 0.25) is 5.95 Å². The number of benzene rings is 2. The second kappa shape index (κ2) is 8.51. The fraction of sp³-hybridized carbons (Fsp3) is 0.500. The van der Waals surface area contributed by atoms with Gasteiger partial charge in [0.1, 0.15) is 0 Å². The summed E-state index contributed by atoms with van der Waals surface area (Å²) in [6.45, 7) is 13.9. The average Bonchev–Trinajstić information content (AvgIpc) is 3.08. The van der Waals surface area contributed by atoms with E-state index in [0.29, 0.717) is 17.5 Å². The lowest BCUT2D eigenvalue weighted by molar-refractivity contribution is 0.0601. The van der Waals surface area contributed by atoms with Crippen molar-refractivity contribution < 1.29 is 9.53 Å². The first-order chi connectivity index (χ1) is 15.5. The number of hydrogen-bond donors (Lipinski definition) is 1. The summed E-state index contributed by atoms with van der Waals surface area (Å²) in [4.78, 5) is 17.1. The van der Waals surface area contributed by atoms with Gasteiger partial charge in [0.05, 0.1) is 23.7 Å². The van der Waals surface area contributed by atoms with E-state index in [2.05, 4.69) is 75.7 Å². The van der Waals surface area contributed by atoms with Gasteiger partial charge in [-0.3, -0.25) is 0 Å². The summed E-state index contributed by atoms with van der Waals surface area (Å²) < 4.78 is 7.29. The van der Waals surface area contributed by atoms with E-state index in [1.54, 1.807) is 0 Å². The fourth-order valence-corrected chi connectivity index (χ4v) is 5.85. The van der Waals surface area contributed by atoms with Crippen LogP contribution in [0.1, 0.15) is 88.7 Å². The summed E-state index contributed by atoms with van der Waals surface area (Å²) in [5.41, 5.74) is 5.18. The van der Waals surface area contributed by atoms with E-state index in [0.717, 1.165) is 35.5 Å². The van der Waals surface area contributed by atoms with Crippen molar-refractivity contribution in [2.75, 3.05) is 12.4 Å². The summed E-state index contributed by atoms with van der Waals surface area (Å²) >= 11 is 0. The standard InChI is InChI=1S/C28H37N3O2/c1-18(2)19-8-11-21(12-9-19)29-26-30-23-14-20(25(32)33-7)10-13-24(23)31(26)22-15-27(3,4)17-28(5,6)16-22/h8-14,18,22H,15-17H2,1-7H3,(H,29,30). The molecule has 1 aromatic heterocycles. The van der Waals surface area contributed by atoms with E-state index in [4.69, 9.17) is 9.72 Å². The number of fused-ring (bicyclic) bond motifs is 1. The van der Waals surface area contributed by atoms with Crippen molar-refractivity contribution in [2.24, 2.45) is 10.8 Å². The van der Waals surface area contributed by atoms with Gasteiger partial charge in [0, 0.05) is 11.7 Å². The molecule has 1 aliphatic carbocycles. The quantitative estimate of drug-likeness (QED) is 0.412. The lowest BCUT2D eigenvalue weighted by Gasteiger charge is -2.45. The van der Waals surface area contributed by atoms with Crippen molar-refractivity contribution in [3.63, 3.8) is 0 Å². The molecule has 0 bridgehead atoms. The second-order valence-corrected chi connectivity index (χ2v) is 11.5. The van der Waals surface area contributed by atoms with Crippen LogP contribution in [0.3, 0.4) is 0 Å². The third-order valence-electron chi connectivity index (χ3n) is 6.84. The topological polar surface area (TPSA) is 56.1 Å². The normalized spacial score (nSPS) is 17.9. The smallest absolute Gasteiger partial charge is 0.337 e. The molecule has 5 nitrogen and oxygen atoms in total. The maximum absolute atomic E-state index is 12.1. The Morgan fingerprint density at radius 2 is 1.70 bits per heavy atom. The maximum atomic E-state index is 12.1. The predicted octanol–water partition coefficient (Wildman–Crippen LogP) is 7.47. The summed E-state index contributed by atoms with van der Waals surface area (Å²) in [5.74, 6) is 0.972. The van der Waals surface area contributed by atoms with Gasteiger partial charge in [-0.25, -0.2) is 9.78 Å². The molecule has 0 atom stereocenters. The second-order valence-electron chi connectivity index (χ2n) is 11.5. The summed E-state index contributed by atoms with van der Waals surface area (Å²) in [7, 11) is 1.41. The van der Waals surface area contributed by atoms with Crippen LogP contribution < -0.4 is 5.32 Å². The van der Waals surface area contributed by atoms with Crippen LogP contribution in [0.5, 0.6) is 0 Å². The number of aromatic nitrogens is 2. The number of imidazole rings is 1. The number of nitrogens with zero attached hydrogens (tertiary/aromatic N) is 2. The van der Waals surface area contributed by atoms with E-state index in [1.807, 2.05) is 18.2 Å². The van der Waals surface area contributed by atoms with Crippen LogP contribution in [0, 0.1) is 10.8 Å². The van der Waals surface area contributed by atoms with Crippen molar-refractivity contribution >= 4 is 28.6 Å². The Bertz CT molecular complexity index is 1140. The molecule has 4 rings (SSSR count). The maximum Gasteiger partial charge on any atom is 0.337 e. The van der Waals surface area contributed by atoms with Gasteiger partial charge in [-0.1, -0.05) is 53.7 Å². The SMILES string of the molecule is COC(=O)c1ccc2c(c1)nc(Nc1ccc(C(C)C)cc1)n2C1CC(C)(C)CC(C)(C)C1. The number of hydrogen-bond acceptors (Lipinski definition) is 4. The molecule has 1 saturated carbocycles. The number of carbonyl (C=O) groups excluding carboxylic acids is 1. The highest BCUT2D eigenvalue weighted by atomic mass is 16.5. The highest BCUT2D eigenvalue weighted by Crippen LogP contribution is 2.51. The third kappa shape index (κ3) is 4.92. The van der Waals surface area contributed by atoms with E-state index >= 15 is 0 Å². The number of anilines is 2. The number of rotatable bonds is 5. The van der Waals surface area contributed by atoms with Gasteiger partial charge >= 0.3 is 5.97 Å². The zero-order chi connectivity index (χ0) is 24.0. The van der Waals surface area contributed by atoms with E-state index in [-0.39, 0.29) is 16.8 Å². The minimum atomic E-state index is -0.342. The lowest BCUT2D eigenvalue weighted by Crippen LogP contribution is -2.35. The molecule has 0 amide bonds.